The predicted molar refractivity (Wildman–Crippen MR) is 151 cm³/mol. The molecule has 0 atom stereocenters. The topological polar surface area (TPSA) is 82.8 Å². The molecular formula is C28H24Cl3N5O3. The smallest absolute Gasteiger partial charge is 0.256 e. The normalized spacial score (nSPS) is 13.4. The number of halogens is 3. The molecule has 2 aromatic carbocycles. The Labute approximate surface area is 240 Å². The average molecular weight is 585 g/mol. The third-order valence-corrected chi connectivity index (χ3v) is 7.34. The summed E-state index contributed by atoms with van der Waals surface area (Å²) >= 11 is 18.6. The quantitative estimate of drug-likeness (QED) is 0.278. The molecule has 4 aromatic rings. The largest absolute Gasteiger partial charge is 0.467 e. The van der Waals surface area contributed by atoms with Gasteiger partial charge in [0.05, 0.1) is 34.1 Å². The van der Waals surface area contributed by atoms with Crippen LogP contribution >= 0.6 is 34.8 Å². The first-order valence-corrected chi connectivity index (χ1v) is 13.4. The van der Waals surface area contributed by atoms with E-state index in [4.69, 9.17) is 39.2 Å². The van der Waals surface area contributed by atoms with E-state index < -0.39 is 0 Å². The molecule has 0 radical (unpaired) electrons. The monoisotopic (exact) mass is 583 g/mol. The molecule has 8 nitrogen and oxygen atoms in total. The van der Waals surface area contributed by atoms with Gasteiger partial charge in [0, 0.05) is 36.8 Å². The highest BCUT2D eigenvalue weighted by molar-refractivity contribution is 6.36. The third-order valence-electron chi connectivity index (χ3n) is 6.46. The van der Waals surface area contributed by atoms with Crippen molar-refractivity contribution in [3.8, 4) is 11.3 Å². The summed E-state index contributed by atoms with van der Waals surface area (Å²) in [6.45, 7) is 2.14. The van der Waals surface area contributed by atoms with Crippen LogP contribution in [0.15, 0.2) is 77.4 Å². The number of anilines is 1. The zero-order valence-electron chi connectivity index (χ0n) is 20.8. The van der Waals surface area contributed by atoms with Gasteiger partial charge in [-0.3, -0.25) is 9.59 Å². The molecule has 1 saturated heterocycles. The number of piperazine rings is 1. The van der Waals surface area contributed by atoms with Gasteiger partial charge in [0.15, 0.2) is 5.82 Å². The molecule has 3 heterocycles. The molecule has 5 rings (SSSR count). The van der Waals surface area contributed by atoms with Gasteiger partial charge < -0.3 is 19.1 Å². The summed E-state index contributed by atoms with van der Waals surface area (Å²) in [6, 6.07) is 19.4. The van der Waals surface area contributed by atoms with Crippen LogP contribution in [0, 0.1) is 0 Å². The molecule has 11 heteroatoms. The van der Waals surface area contributed by atoms with Crippen LogP contribution in [0.4, 0.5) is 5.82 Å². The van der Waals surface area contributed by atoms with Gasteiger partial charge in [-0.2, -0.15) is 0 Å². The van der Waals surface area contributed by atoms with Crippen LogP contribution in [0.3, 0.4) is 0 Å². The van der Waals surface area contributed by atoms with Crippen LogP contribution in [0.1, 0.15) is 16.1 Å². The fourth-order valence-electron chi connectivity index (χ4n) is 4.38. The second-order valence-electron chi connectivity index (χ2n) is 8.99. The van der Waals surface area contributed by atoms with E-state index in [2.05, 4.69) is 15.1 Å². The molecule has 2 amide bonds. The van der Waals surface area contributed by atoms with Crippen molar-refractivity contribution in [3.05, 3.63) is 99.4 Å². The van der Waals surface area contributed by atoms with Gasteiger partial charge in [0.2, 0.25) is 5.91 Å². The van der Waals surface area contributed by atoms with Crippen molar-refractivity contribution >= 4 is 52.4 Å². The van der Waals surface area contributed by atoms with Crippen LogP contribution in [-0.4, -0.2) is 64.5 Å². The minimum atomic E-state index is -0.381. The van der Waals surface area contributed by atoms with Gasteiger partial charge in [-0.1, -0.05) is 53.0 Å². The summed E-state index contributed by atoms with van der Waals surface area (Å²) in [4.78, 5) is 31.9. The second-order valence-corrected chi connectivity index (χ2v) is 10.2. The van der Waals surface area contributed by atoms with Crippen LogP contribution in [-0.2, 0) is 11.3 Å². The molecule has 0 bridgehead atoms. The highest BCUT2D eigenvalue weighted by Crippen LogP contribution is 2.27. The van der Waals surface area contributed by atoms with E-state index in [1.165, 1.54) is 17.2 Å². The van der Waals surface area contributed by atoms with Crippen LogP contribution in [0.5, 0.6) is 0 Å². The minimum absolute atomic E-state index is 0.120. The highest BCUT2D eigenvalue weighted by Gasteiger charge is 2.27. The van der Waals surface area contributed by atoms with Crippen molar-refractivity contribution in [1.29, 1.82) is 0 Å². The summed E-state index contributed by atoms with van der Waals surface area (Å²) in [7, 11) is 0. The Bertz CT molecular complexity index is 1460. The van der Waals surface area contributed by atoms with E-state index in [9.17, 15) is 9.59 Å². The molecule has 0 N–H and O–H groups in total. The van der Waals surface area contributed by atoms with Crippen molar-refractivity contribution < 1.29 is 14.0 Å². The molecular weight excluding hydrogens is 561 g/mol. The summed E-state index contributed by atoms with van der Waals surface area (Å²) in [5.74, 6) is 0.739. The fourth-order valence-corrected chi connectivity index (χ4v) is 5.10. The van der Waals surface area contributed by atoms with Crippen molar-refractivity contribution in [3.63, 3.8) is 0 Å². The molecule has 0 aliphatic carbocycles. The number of nitrogens with zero attached hydrogens (tertiary/aromatic N) is 5. The Kier molecular flexibility index (Phi) is 8.35. The lowest BCUT2D eigenvalue weighted by molar-refractivity contribution is -0.132. The Hall–Kier alpha value is -3.59. The standard InChI is InChI=1S/C28H24Cl3N5O3/c29-19-7-8-22(24(31)16-19)28(38)36(17-20-4-3-15-39-20)18-27(37)35-13-11-34(12-14-35)26-10-9-25(32-33-26)21-5-1-2-6-23(21)30/h1-10,15-16H,11-14,17-18H2. The maximum atomic E-state index is 13.4. The lowest BCUT2D eigenvalue weighted by Gasteiger charge is -2.36. The molecule has 1 aliphatic rings. The van der Waals surface area contributed by atoms with Gasteiger partial charge in [-0.05, 0) is 48.5 Å². The van der Waals surface area contributed by atoms with Crippen LogP contribution in [0.25, 0.3) is 11.3 Å². The van der Waals surface area contributed by atoms with Crippen molar-refractivity contribution in [2.45, 2.75) is 6.54 Å². The zero-order valence-corrected chi connectivity index (χ0v) is 23.0. The summed E-state index contributed by atoms with van der Waals surface area (Å²) in [5.41, 5.74) is 1.78. The van der Waals surface area contributed by atoms with E-state index in [1.807, 2.05) is 36.4 Å². The van der Waals surface area contributed by atoms with Gasteiger partial charge >= 0.3 is 0 Å². The molecule has 0 spiro atoms. The van der Waals surface area contributed by atoms with Gasteiger partial charge in [0.25, 0.3) is 5.91 Å². The molecule has 2 aromatic heterocycles. The molecule has 0 unspecified atom stereocenters. The van der Waals surface area contributed by atoms with E-state index in [0.717, 1.165) is 11.4 Å². The van der Waals surface area contributed by atoms with Crippen molar-refractivity contribution in [2.24, 2.45) is 0 Å². The Morgan fingerprint density at radius 2 is 1.67 bits per heavy atom. The van der Waals surface area contributed by atoms with Crippen molar-refractivity contribution in [1.82, 2.24) is 20.0 Å². The van der Waals surface area contributed by atoms with Crippen LogP contribution < -0.4 is 4.90 Å². The van der Waals surface area contributed by atoms with Crippen LogP contribution in [0.2, 0.25) is 15.1 Å². The Balaban J connectivity index is 1.23. The third kappa shape index (κ3) is 6.36. The first kappa shape index (κ1) is 27.0. The number of carbonyl (C=O) groups is 2. The van der Waals surface area contributed by atoms with E-state index in [0.29, 0.717) is 47.7 Å². The number of aromatic nitrogens is 2. The van der Waals surface area contributed by atoms with E-state index in [1.54, 1.807) is 29.2 Å². The second kappa shape index (κ2) is 12.1. The summed E-state index contributed by atoms with van der Waals surface area (Å²) < 4.78 is 5.43. The number of carbonyl (C=O) groups excluding carboxylic acids is 2. The molecule has 200 valence electrons. The number of benzene rings is 2. The number of rotatable bonds is 7. The molecule has 39 heavy (non-hydrogen) atoms. The maximum absolute atomic E-state index is 13.4. The van der Waals surface area contributed by atoms with Gasteiger partial charge in [-0.15, -0.1) is 10.2 Å². The Morgan fingerprint density at radius 1 is 0.872 bits per heavy atom. The van der Waals surface area contributed by atoms with Gasteiger partial charge in [0.1, 0.15) is 12.3 Å². The Morgan fingerprint density at radius 3 is 2.33 bits per heavy atom. The average Bonchev–Trinajstić information content (AvgIpc) is 3.46. The number of furan rings is 1. The van der Waals surface area contributed by atoms with E-state index >= 15 is 0 Å². The number of hydrogen-bond acceptors (Lipinski definition) is 6. The lowest BCUT2D eigenvalue weighted by atomic mass is 10.1. The predicted octanol–water partition coefficient (Wildman–Crippen LogP) is 5.69. The maximum Gasteiger partial charge on any atom is 0.256 e. The number of amides is 2. The SMILES string of the molecule is O=C(CN(Cc1ccco1)C(=O)c1ccc(Cl)cc1Cl)N1CCN(c2ccc(-c3ccccc3Cl)nn2)CC1. The number of hydrogen-bond donors (Lipinski definition) is 0. The lowest BCUT2D eigenvalue weighted by Crippen LogP contribution is -2.52. The van der Waals surface area contributed by atoms with Crippen molar-refractivity contribution in [2.75, 3.05) is 37.6 Å². The first-order valence-electron chi connectivity index (χ1n) is 12.3. The molecule has 1 fully saturated rings. The summed E-state index contributed by atoms with van der Waals surface area (Å²) in [6.07, 6.45) is 1.53. The first-order chi connectivity index (χ1) is 18.9. The zero-order chi connectivity index (χ0) is 27.4. The van der Waals surface area contributed by atoms with E-state index in [-0.39, 0.29) is 35.5 Å². The summed E-state index contributed by atoms with van der Waals surface area (Å²) in [5, 5.41) is 9.99. The minimum Gasteiger partial charge on any atom is -0.467 e. The fraction of sp³-hybridized carbons (Fsp3) is 0.214. The highest BCUT2D eigenvalue weighted by atomic mass is 35.5. The molecule has 1 aliphatic heterocycles. The van der Waals surface area contributed by atoms with Gasteiger partial charge in [-0.25, -0.2) is 0 Å². The molecule has 0 saturated carbocycles.